The van der Waals surface area contributed by atoms with E-state index in [0.29, 0.717) is 29.0 Å². The van der Waals surface area contributed by atoms with Gasteiger partial charge in [-0.3, -0.25) is 14.7 Å². The second-order valence-corrected chi connectivity index (χ2v) is 8.20. The third-order valence-corrected chi connectivity index (χ3v) is 6.13. The van der Waals surface area contributed by atoms with Gasteiger partial charge in [0.05, 0.1) is 35.0 Å². The molecule has 2 amide bonds. The second kappa shape index (κ2) is 8.74. The van der Waals surface area contributed by atoms with Crippen LogP contribution in [0.1, 0.15) is 35.6 Å². The molecular formula is C25H24N6O2. The fraction of sp³-hybridized carbons (Fsp3) is 0.200. The summed E-state index contributed by atoms with van der Waals surface area (Å²) in [4.78, 5) is 32.5. The Morgan fingerprint density at radius 1 is 1.09 bits per heavy atom. The minimum atomic E-state index is -0.726. The van der Waals surface area contributed by atoms with Crippen LogP contribution < -0.4 is 11.1 Å². The molecule has 4 aromatic rings. The number of nitrogens with zero attached hydrogens (tertiary/aromatic N) is 3. The van der Waals surface area contributed by atoms with Crippen molar-refractivity contribution in [2.24, 2.45) is 0 Å². The molecule has 1 atom stereocenters. The zero-order valence-electron chi connectivity index (χ0n) is 18.0. The molecule has 2 heterocycles. The summed E-state index contributed by atoms with van der Waals surface area (Å²) in [5, 5.41) is 10.1. The number of nitrogens with two attached hydrogens (primary N) is 1. The molecule has 2 aromatic heterocycles. The van der Waals surface area contributed by atoms with Gasteiger partial charge in [0.15, 0.2) is 0 Å². The quantitative estimate of drug-likeness (QED) is 0.419. The van der Waals surface area contributed by atoms with Crippen molar-refractivity contribution < 1.29 is 9.59 Å². The summed E-state index contributed by atoms with van der Waals surface area (Å²) in [5.74, 6) is -1.02. The Hall–Kier alpha value is -4.20. The number of aryl methyl sites for hydroxylation is 1. The third kappa shape index (κ3) is 4.03. The number of H-pyrrole nitrogens is 1. The van der Waals surface area contributed by atoms with E-state index in [1.807, 2.05) is 42.5 Å². The standard InChI is InChI=1S/C25H24N6O2/c26-23-19-13-28-30-22(19)20(14-27-23)29-24(32)25(33)31(15-16-7-2-1-3-8-16)21-12-6-10-17-9-4-5-11-18(17)21/h1-5,7-9,11,13-14,21H,6,10,12,15H2,(H2,26,27)(H,28,30)(H,29,32)/t21-/m1/s1. The minimum absolute atomic E-state index is 0.176. The summed E-state index contributed by atoms with van der Waals surface area (Å²) in [6.45, 7) is 0.339. The summed E-state index contributed by atoms with van der Waals surface area (Å²) in [6.07, 6.45) is 5.70. The van der Waals surface area contributed by atoms with Crippen LogP contribution >= 0.6 is 0 Å². The highest BCUT2D eigenvalue weighted by molar-refractivity contribution is 6.40. The van der Waals surface area contributed by atoms with Crippen LogP contribution in [0.5, 0.6) is 0 Å². The summed E-state index contributed by atoms with van der Waals surface area (Å²) in [6, 6.07) is 17.7. The van der Waals surface area contributed by atoms with Crippen molar-refractivity contribution >= 4 is 34.2 Å². The van der Waals surface area contributed by atoms with E-state index in [1.165, 1.54) is 18.0 Å². The van der Waals surface area contributed by atoms with Gasteiger partial charge in [0, 0.05) is 6.54 Å². The van der Waals surface area contributed by atoms with E-state index in [0.717, 1.165) is 30.4 Å². The molecule has 0 radical (unpaired) electrons. The number of amides is 2. The molecule has 0 unspecified atom stereocenters. The van der Waals surface area contributed by atoms with Gasteiger partial charge in [-0.15, -0.1) is 0 Å². The second-order valence-electron chi connectivity index (χ2n) is 8.20. The molecule has 8 heteroatoms. The monoisotopic (exact) mass is 440 g/mol. The molecule has 0 aliphatic heterocycles. The smallest absolute Gasteiger partial charge is 0.314 e. The Balaban J connectivity index is 1.47. The third-order valence-electron chi connectivity index (χ3n) is 6.13. The van der Waals surface area contributed by atoms with Crippen LogP contribution in [0.15, 0.2) is 67.0 Å². The van der Waals surface area contributed by atoms with E-state index >= 15 is 0 Å². The average molecular weight is 441 g/mol. The number of hydrogen-bond acceptors (Lipinski definition) is 5. The van der Waals surface area contributed by atoms with E-state index in [1.54, 1.807) is 4.90 Å². The molecular weight excluding hydrogens is 416 g/mol. The normalized spacial score (nSPS) is 15.1. The van der Waals surface area contributed by atoms with Crippen LogP contribution in [0.2, 0.25) is 0 Å². The number of anilines is 2. The molecule has 5 rings (SSSR count). The lowest BCUT2D eigenvalue weighted by Gasteiger charge is -2.35. The summed E-state index contributed by atoms with van der Waals surface area (Å²) >= 11 is 0. The van der Waals surface area contributed by atoms with E-state index in [2.05, 4.69) is 32.6 Å². The highest BCUT2D eigenvalue weighted by Gasteiger charge is 2.33. The zero-order valence-corrected chi connectivity index (χ0v) is 18.0. The molecule has 1 aliphatic carbocycles. The van der Waals surface area contributed by atoms with Gasteiger partial charge in [-0.2, -0.15) is 5.10 Å². The molecule has 0 saturated carbocycles. The van der Waals surface area contributed by atoms with Crippen molar-refractivity contribution in [3.8, 4) is 0 Å². The number of aromatic amines is 1. The number of hydrogen-bond donors (Lipinski definition) is 3. The largest absolute Gasteiger partial charge is 0.383 e. The van der Waals surface area contributed by atoms with Gasteiger partial charge in [-0.05, 0) is 36.0 Å². The number of nitrogen functional groups attached to an aromatic ring is 1. The summed E-state index contributed by atoms with van der Waals surface area (Å²) < 4.78 is 0. The van der Waals surface area contributed by atoms with Crippen LogP contribution in [-0.2, 0) is 22.6 Å². The minimum Gasteiger partial charge on any atom is -0.383 e. The summed E-state index contributed by atoms with van der Waals surface area (Å²) in [5.41, 5.74) is 10.1. The van der Waals surface area contributed by atoms with Gasteiger partial charge in [-0.1, -0.05) is 54.6 Å². The Morgan fingerprint density at radius 2 is 1.88 bits per heavy atom. The van der Waals surface area contributed by atoms with Crippen molar-refractivity contribution in [2.75, 3.05) is 11.1 Å². The number of nitrogens with one attached hydrogen (secondary N) is 2. The lowest BCUT2D eigenvalue weighted by atomic mass is 9.86. The van der Waals surface area contributed by atoms with Crippen LogP contribution in [0.4, 0.5) is 11.5 Å². The fourth-order valence-corrected chi connectivity index (χ4v) is 4.51. The molecule has 166 valence electrons. The number of pyridine rings is 1. The summed E-state index contributed by atoms with van der Waals surface area (Å²) in [7, 11) is 0. The van der Waals surface area contributed by atoms with Gasteiger partial charge in [0.2, 0.25) is 0 Å². The van der Waals surface area contributed by atoms with Gasteiger partial charge < -0.3 is 16.0 Å². The molecule has 0 fully saturated rings. The first kappa shape index (κ1) is 20.7. The molecule has 33 heavy (non-hydrogen) atoms. The Bertz CT molecular complexity index is 1320. The maximum Gasteiger partial charge on any atom is 0.314 e. The highest BCUT2D eigenvalue weighted by Crippen LogP contribution is 2.35. The number of rotatable bonds is 4. The van der Waals surface area contributed by atoms with Crippen molar-refractivity contribution in [3.05, 3.63) is 83.7 Å². The first-order valence-electron chi connectivity index (χ1n) is 10.9. The van der Waals surface area contributed by atoms with Crippen molar-refractivity contribution in [3.63, 3.8) is 0 Å². The number of fused-ring (bicyclic) bond motifs is 2. The maximum atomic E-state index is 13.5. The average Bonchev–Trinajstić information content (AvgIpc) is 3.35. The lowest BCUT2D eigenvalue weighted by Crippen LogP contribution is -2.42. The Kier molecular flexibility index (Phi) is 5.48. The lowest BCUT2D eigenvalue weighted by molar-refractivity contribution is -0.145. The molecule has 1 aliphatic rings. The number of carbonyl (C=O) groups is 2. The highest BCUT2D eigenvalue weighted by atomic mass is 16.2. The first-order chi connectivity index (χ1) is 16.1. The maximum absolute atomic E-state index is 13.5. The molecule has 8 nitrogen and oxygen atoms in total. The van der Waals surface area contributed by atoms with Crippen LogP contribution in [0.25, 0.3) is 10.9 Å². The van der Waals surface area contributed by atoms with Crippen molar-refractivity contribution in [1.29, 1.82) is 0 Å². The Labute approximate surface area is 190 Å². The molecule has 0 spiro atoms. The van der Waals surface area contributed by atoms with Gasteiger partial charge >= 0.3 is 11.8 Å². The topological polar surface area (TPSA) is 117 Å². The number of benzene rings is 2. The van der Waals surface area contributed by atoms with E-state index in [9.17, 15) is 9.59 Å². The molecule has 2 aromatic carbocycles. The van der Waals surface area contributed by atoms with Crippen molar-refractivity contribution in [1.82, 2.24) is 20.1 Å². The molecule has 4 N–H and O–H groups in total. The zero-order chi connectivity index (χ0) is 22.8. The molecule has 0 bridgehead atoms. The first-order valence-corrected chi connectivity index (χ1v) is 10.9. The van der Waals surface area contributed by atoms with E-state index in [4.69, 9.17) is 5.73 Å². The number of aromatic nitrogens is 3. The van der Waals surface area contributed by atoms with Gasteiger partial charge in [0.1, 0.15) is 5.82 Å². The van der Waals surface area contributed by atoms with Gasteiger partial charge in [0.25, 0.3) is 0 Å². The van der Waals surface area contributed by atoms with E-state index < -0.39 is 11.8 Å². The van der Waals surface area contributed by atoms with Crippen molar-refractivity contribution in [2.45, 2.75) is 31.8 Å². The van der Waals surface area contributed by atoms with Gasteiger partial charge in [-0.25, -0.2) is 4.98 Å². The Morgan fingerprint density at radius 3 is 2.73 bits per heavy atom. The number of carbonyl (C=O) groups excluding carboxylic acids is 2. The SMILES string of the molecule is Nc1ncc(NC(=O)C(=O)N(Cc2ccccc2)[C@@H]2CCCc3ccccc32)c2[nH]ncc12. The van der Waals surface area contributed by atoms with Crippen LogP contribution in [0.3, 0.4) is 0 Å². The predicted molar refractivity (Wildman–Crippen MR) is 126 cm³/mol. The molecule has 0 saturated heterocycles. The fourth-order valence-electron chi connectivity index (χ4n) is 4.51. The van der Waals surface area contributed by atoms with E-state index in [-0.39, 0.29) is 6.04 Å². The van der Waals surface area contributed by atoms with Crippen LogP contribution in [0, 0.1) is 0 Å². The predicted octanol–water partition coefficient (Wildman–Crippen LogP) is 3.59. The van der Waals surface area contributed by atoms with Crippen LogP contribution in [-0.4, -0.2) is 31.9 Å².